The first-order chi connectivity index (χ1) is 13.6. The Morgan fingerprint density at radius 3 is 2.96 bits per heavy atom. The summed E-state index contributed by atoms with van der Waals surface area (Å²) in [5.41, 5.74) is 2.27. The molecule has 0 saturated heterocycles. The van der Waals surface area contributed by atoms with Gasteiger partial charge in [-0.2, -0.15) is 10.2 Å². The van der Waals surface area contributed by atoms with Crippen molar-refractivity contribution in [1.29, 1.82) is 0 Å². The summed E-state index contributed by atoms with van der Waals surface area (Å²) in [6.07, 6.45) is 4.25. The number of hydrogen-bond donors (Lipinski definition) is 1. The first kappa shape index (κ1) is 18.2. The Morgan fingerprint density at radius 1 is 1.32 bits per heavy atom. The average molecular weight is 380 g/mol. The van der Waals surface area contributed by atoms with Crippen molar-refractivity contribution in [1.82, 2.24) is 29.9 Å². The van der Waals surface area contributed by atoms with Gasteiger partial charge in [-0.05, 0) is 37.1 Å². The van der Waals surface area contributed by atoms with Crippen molar-refractivity contribution in [3.05, 3.63) is 53.4 Å². The number of fused-ring (bicyclic) bond motifs is 1. The second-order valence-electron chi connectivity index (χ2n) is 7.01. The first-order valence-corrected chi connectivity index (χ1v) is 9.51. The summed E-state index contributed by atoms with van der Waals surface area (Å²) in [6, 6.07) is 7.59. The number of aromatic nitrogens is 5. The van der Waals surface area contributed by atoms with Crippen LogP contribution in [-0.2, 0) is 19.4 Å². The van der Waals surface area contributed by atoms with Gasteiger partial charge >= 0.3 is 0 Å². The quantitative estimate of drug-likeness (QED) is 0.732. The van der Waals surface area contributed by atoms with E-state index in [1.165, 1.54) is 0 Å². The van der Waals surface area contributed by atoms with Crippen molar-refractivity contribution in [2.75, 3.05) is 7.11 Å². The van der Waals surface area contributed by atoms with Gasteiger partial charge < -0.3 is 10.1 Å². The largest absolute Gasteiger partial charge is 0.494 e. The van der Waals surface area contributed by atoms with Crippen molar-refractivity contribution in [3.63, 3.8) is 0 Å². The summed E-state index contributed by atoms with van der Waals surface area (Å²) in [7, 11) is 1.62. The number of carbonyl (C=O) groups excluding carboxylic acids is 1. The molecule has 4 rings (SSSR count). The molecule has 1 amide bonds. The second kappa shape index (κ2) is 7.46. The van der Waals surface area contributed by atoms with Gasteiger partial charge in [0.2, 0.25) is 0 Å². The minimum atomic E-state index is -0.186. The van der Waals surface area contributed by atoms with Crippen LogP contribution in [0.15, 0.2) is 30.5 Å². The number of benzene rings is 1. The van der Waals surface area contributed by atoms with E-state index >= 15 is 0 Å². The molecule has 1 aliphatic rings. The van der Waals surface area contributed by atoms with Gasteiger partial charge in [-0.15, -0.1) is 0 Å². The van der Waals surface area contributed by atoms with Crippen LogP contribution in [0.3, 0.4) is 0 Å². The van der Waals surface area contributed by atoms with Gasteiger partial charge in [0.15, 0.2) is 11.5 Å². The number of nitrogens with one attached hydrogen (secondary N) is 1. The second-order valence-corrected chi connectivity index (χ2v) is 7.01. The van der Waals surface area contributed by atoms with Gasteiger partial charge in [0.05, 0.1) is 13.7 Å². The molecule has 0 fully saturated rings. The van der Waals surface area contributed by atoms with Crippen LogP contribution in [0.4, 0.5) is 0 Å². The maximum Gasteiger partial charge on any atom is 0.272 e. The molecular weight excluding hydrogens is 356 g/mol. The summed E-state index contributed by atoms with van der Waals surface area (Å²) in [5.74, 6) is 2.37. The van der Waals surface area contributed by atoms with Gasteiger partial charge in [0.25, 0.3) is 5.91 Å². The van der Waals surface area contributed by atoms with Crippen LogP contribution in [0.1, 0.15) is 41.0 Å². The Labute approximate surface area is 163 Å². The topological polar surface area (TPSA) is 86.9 Å². The van der Waals surface area contributed by atoms with Gasteiger partial charge in [0.1, 0.15) is 17.3 Å². The molecule has 1 N–H and O–H groups in total. The molecule has 0 saturated carbocycles. The maximum atomic E-state index is 12.7. The molecule has 28 heavy (non-hydrogen) atoms. The van der Waals surface area contributed by atoms with Crippen molar-refractivity contribution >= 4 is 5.91 Å². The number of rotatable bonds is 5. The van der Waals surface area contributed by atoms with Gasteiger partial charge in [-0.1, -0.05) is 13.0 Å². The van der Waals surface area contributed by atoms with Crippen LogP contribution < -0.4 is 10.1 Å². The number of methoxy groups -OCH3 is 1. The zero-order chi connectivity index (χ0) is 19.7. The zero-order valence-electron chi connectivity index (χ0n) is 16.3. The van der Waals surface area contributed by atoms with Crippen molar-refractivity contribution < 1.29 is 9.53 Å². The minimum Gasteiger partial charge on any atom is -0.494 e. The first-order valence-electron chi connectivity index (χ1n) is 9.51. The Kier molecular flexibility index (Phi) is 4.85. The molecule has 3 heterocycles. The number of aryl methyl sites for hydroxylation is 3. The van der Waals surface area contributed by atoms with Crippen LogP contribution in [0.5, 0.6) is 5.75 Å². The summed E-state index contributed by atoms with van der Waals surface area (Å²) >= 11 is 0. The van der Waals surface area contributed by atoms with Crippen LogP contribution >= 0.6 is 0 Å². The molecule has 0 aliphatic carbocycles. The van der Waals surface area contributed by atoms with Crippen LogP contribution in [0, 0.1) is 6.92 Å². The molecule has 3 aromatic rings. The Balaban J connectivity index is 1.47. The lowest BCUT2D eigenvalue weighted by Crippen LogP contribution is -2.41. The monoisotopic (exact) mass is 380 g/mol. The summed E-state index contributed by atoms with van der Waals surface area (Å²) in [6.45, 7) is 4.69. The smallest absolute Gasteiger partial charge is 0.272 e. The Morgan fingerprint density at radius 2 is 2.18 bits per heavy atom. The molecule has 0 spiro atoms. The Hall–Kier alpha value is -3.16. The predicted octanol–water partition coefficient (Wildman–Crippen LogP) is 2.09. The van der Waals surface area contributed by atoms with Crippen LogP contribution in [0.2, 0.25) is 0 Å². The summed E-state index contributed by atoms with van der Waals surface area (Å²) in [5, 5.41) is 12.0. The van der Waals surface area contributed by atoms with E-state index in [2.05, 4.69) is 20.5 Å². The molecule has 1 aromatic carbocycles. The highest BCUT2D eigenvalue weighted by atomic mass is 16.5. The molecule has 1 atom stereocenters. The highest BCUT2D eigenvalue weighted by Gasteiger charge is 2.24. The molecule has 2 aromatic heterocycles. The van der Waals surface area contributed by atoms with Gasteiger partial charge in [0, 0.05) is 25.1 Å². The maximum absolute atomic E-state index is 12.7. The third-order valence-electron chi connectivity index (χ3n) is 4.96. The van der Waals surface area contributed by atoms with E-state index in [1.807, 2.05) is 36.7 Å². The molecule has 1 aliphatic heterocycles. The van der Waals surface area contributed by atoms with Crippen molar-refractivity contribution in [2.24, 2.45) is 0 Å². The summed E-state index contributed by atoms with van der Waals surface area (Å²) < 4.78 is 8.99. The molecule has 8 nitrogen and oxygen atoms in total. The average Bonchev–Trinajstić information content (AvgIpc) is 3.34. The van der Waals surface area contributed by atoms with Crippen molar-refractivity contribution in [3.8, 4) is 11.4 Å². The zero-order valence-corrected chi connectivity index (χ0v) is 16.3. The fourth-order valence-electron chi connectivity index (χ4n) is 3.45. The van der Waals surface area contributed by atoms with Gasteiger partial charge in [-0.25, -0.2) is 14.3 Å². The van der Waals surface area contributed by atoms with E-state index in [1.54, 1.807) is 24.1 Å². The van der Waals surface area contributed by atoms with Crippen molar-refractivity contribution in [2.45, 2.75) is 45.7 Å². The lowest BCUT2D eigenvalue weighted by molar-refractivity contribution is 0.0920. The third kappa shape index (κ3) is 3.49. The highest BCUT2D eigenvalue weighted by molar-refractivity contribution is 5.92. The van der Waals surface area contributed by atoms with E-state index in [0.717, 1.165) is 42.2 Å². The van der Waals surface area contributed by atoms with Gasteiger partial charge in [-0.3, -0.25) is 4.79 Å². The molecule has 0 radical (unpaired) electrons. The van der Waals surface area contributed by atoms with E-state index in [-0.39, 0.29) is 11.9 Å². The fraction of sp³-hybridized carbons (Fsp3) is 0.400. The van der Waals surface area contributed by atoms with E-state index < -0.39 is 0 Å². The molecule has 146 valence electrons. The standard InChI is InChI=1S/C20H24N6O2/c1-4-18-22-19-8-6-14(12-26(19)24-18)21-20(27)15-9-10-25(23-15)16-11-13(2)5-7-17(16)28-3/h5,7,9-11,14H,4,6,8,12H2,1-3H3,(H,21,27). The normalized spacial score (nSPS) is 15.9. The van der Waals surface area contributed by atoms with E-state index in [0.29, 0.717) is 18.0 Å². The number of nitrogens with zero attached hydrogens (tertiary/aromatic N) is 5. The van der Waals surface area contributed by atoms with E-state index in [4.69, 9.17) is 4.74 Å². The SMILES string of the molecule is CCc1nc2n(n1)CC(NC(=O)c1ccn(-c3cc(C)ccc3OC)n1)CC2. The summed E-state index contributed by atoms with van der Waals surface area (Å²) in [4.78, 5) is 17.2. The van der Waals surface area contributed by atoms with Crippen LogP contribution in [-0.4, -0.2) is 43.6 Å². The highest BCUT2D eigenvalue weighted by Crippen LogP contribution is 2.23. The lowest BCUT2D eigenvalue weighted by Gasteiger charge is -2.23. The minimum absolute atomic E-state index is 0.0186. The predicted molar refractivity (Wildman–Crippen MR) is 104 cm³/mol. The number of hydrogen-bond acceptors (Lipinski definition) is 5. The lowest BCUT2D eigenvalue weighted by atomic mass is 10.1. The van der Waals surface area contributed by atoms with Crippen LogP contribution in [0.25, 0.3) is 5.69 Å². The third-order valence-corrected chi connectivity index (χ3v) is 4.96. The molecule has 0 bridgehead atoms. The number of ether oxygens (including phenoxy) is 1. The Bertz CT molecular complexity index is 1010. The van der Waals surface area contributed by atoms with E-state index in [9.17, 15) is 4.79 Å². The fourth-order valence-corrected chi connectivity index (χ4v) is 3.45. The molecule has 8 heteroatoms. The number of carbonyl (C=O) groups is 1. The molecular formula is C20H24N6O2. The number of amides is 1. The molecule has 1 unspecified atom stereocenters.